The average Bonchev–Trinajstić information content (AvgIpc) is 3.34. The zero-order chi connectivity index (χ0) is 24.1. The molecule has 0 atom stereocenters. The molecule has 1 amide bonds. The number of rotatable bonds is 9. The van der Waals surface area contributed by atoms with Gasteiger partial charge in [0.25, 0.3) is 5.56 Å². The normalized spacial score (nSPS) is 11.2. The molecule has 0 bridgehead atoms. The van der Waals surface area contributed by atoms with Crippen LogP contribution in [0.25, 0.3) is 10.9 Å². The Morgan fingerprint density at radius 1 is 1.12 bits per heavy atom. The first-order valence-electron chi connectivity index (χ1n) is 11.3. The number of thioether (sulfide) groups is 1. The number of furan rings is 1. The predicted octanol–water partition coefficient (Wildman–Crippen LogP) is 5.00. The molecule has 0 aliphatic heterocycles. The van der Waals surface area contributed by atoms with Crippen LogP contribution in [0.2, 0.25) is 0 Å². The largest absolute Gasteiger partial charge is 0.467 e. The molecule has 0 radical (unpaired) electrons. The third-order valence-electron chi connectivity index (χ3n) is 5.50. The number of hydrogen-bond donors (Lipinski definition) is 1. The summed E-state index contributed by atoms with van der Waals surface area (Å²) < 4.78 is 6.99. The van der Waals surface area contributed by atoms with Gasteiger partial charge >= 0.3 is 0 Å². The Bertz CT molecular complexity index is 1310. The molecule has 176 valence electrons. The van der Waals surface area contributed by atoms with Crippen molar-refractivity contribution in [2.75, 3.05) is 22.5 Å². The van der Waals surface area contributed by atoms with Crippen molar-refractivity contribution in [1.29, 1.82) is 0 Å². The number of benzene rings is 2. The van der Waals surface area contributed by atoms with Crippen LogP contribution in [0.4, 0.5) is 11.4 Å². The van der Waals surface area contributed by atoms with Crippen LogP contribution in [0, 0.1) is 0 Å². The Labute approximate surface area is 202 Å². The number of hydrogen-bond acceptors (Lipinski definition) is 6. The summed E-state index contributed by atoms with van der Waals surface area (Å²) >= 11 is 1.23. The SMILES string of the molecule is CCN(c1ccc(NC(=O)CSc2nc3ccccc3c(=O)n2Cc2ccco2)cc1)C(C)C. The molecular weight excluding hydrogens is 448 g/mol. The second-order valence-electron chi connectivity index (χ2n) is 8.15. The number of amides is 1. The lowest BCUT2D eigenvalue weighted by atomic mass is 10.2. The molecule has 1 N–H and O–H groups in total. The van der Waals surface area contributed by atoms with Crippen LogP contribution in [0.3, 0.4) is 0 Å². The fourth-order valence-corrected chi connectivity index (χ4v) is 4.66. The van der Waals surface area contributed by atoms with Crippen LogP contribution in [0.5, 0.6) is 0 Å². The van der Waals surface area contributed by atoms with Crippen molar-refractivity contribution in [1.82, 2.24) is 9.55 Å². The van der Waals surface area contributed by atoms with Gasteiger partial charge in [-0.3, -0.25) is 14.2 Å². The number of nitrogens with zero attached hydrogens (tertiary/aromatic N) is 3. The van der Waals surface area contributed by atoms with Crippen molar-refractivity contribution in [3.05, 3.63) is 83.0 Å². The van der Waals surface area contributed by atoms with Crippen molar-refractivity contribution < 1.29 is 9.21 Å². The molecule has 4 rings (SSSR count). The van der Waals surface area contributed by atoms with E-state index in [2.05, 4.69) is 36.0 Å². The van der Waals surface area contributed by atoms with E-state index in [1.54, 1.807) is 29.0 Å². The Morgan fingerprint density at radius 2 is 1.88 bits per heavy atom. The minimum Gasteiger partial charge on any atom is -0.467 e. The van der Waals surface area contributed by atoms with Gasteiger partial charge in [0.1, 0.15) is 5.76 Å². The number of aromatic nitrogens is 2. The lowest BCUT2D eigenvalue weighted by molar-refractivity contribution is -0.113. The molecule has 4 aromatic rings. The minimum absolute atomic E-state index is 0.123. The number of para-hydroxylation sites is 1. The van der Waals surface area contributed by atoms with E-state index in [-0.39, 0.29) is 23.8 Å². The highest BCUT2D eigenvalue weighted by atomic mass is 32.2. The highest BCUT2D eigenvalue weighted by Gasteiger charge is 2.15. The highest BCUT2D eigenvalue weighted by molar-refractivity contribution is 7.99. The summed E-state index contributed by atoms with van der Waals surface area (Å²) in [4.78, 5) is 32.7. The van der Waals surface area contributed by atoms with Crippen molar-refractivity contribution in [2.24, 2.45) is 0 Å². The number of carbonyl (C=O) groups is 1. The summed E-state index contributed by atoms with van der Waals surface area (Å²) in [6.07, 6.45) is 1.57. The molecule has 2 heterocycles. The lowest BCUT2D eigenvalue weighted by Crippen LogP contribution is -2.30. The predicted molar refractivity (Wildman–Crippen MR) is 138 cm³/mol. The van der Waals surface area contributed by atoms with Crippen molar-refractivity contribution in [2.45, 2.75) is 38.5 Å². The smallest absolute Gasteiger partial charge is 0.262 e. The minimum atomic E-state index is -0.166. The van der Waals surface area contributed by atoms with Gasteiger partial charge < -0.3 is 14.6 Å². The fourth-order valence-electron chi connectivity index (χ4n) is 3.86. The van der Waals surface area contributed by atoms with Gasteiger partial charge in [-0.05, 0) is 69.3 Å². The molecule has 0 aliphatic carbocycles. The topological polar surface area (TPSA) is 80.4 Å². The standard InChI is InChI=1S/C26H28N4O3S/c1-4-29(18(2)3)20-13-11-19(12-14-20)27-24(31)17-34-26-28-23-10-6-5-9-22(23)25(32)30(26)16-21-8-7-15-33-21/h5-15,18H,4,16-17H2,1-3H3,(H,27,31). The van der Waals surface area contributed by atoms with Crippen LogP contribution >= 0.6 is 11.8 Å². The summed E-state index contributed by atoms with van der Waals surface area (Å²) in [7, 11) is 0. The maximum Gasteiger partial charge on any atom is 0.262 e. The quantitative estimate of drug-likeness (QED) is 0.270. The van der Waals surface area contributed by atoms with Crippen molar-refractivity contribution in [3.8, 4) is 0 Å². The molecule has 0 spiro atoms. The molecule has 0 fully saturated rings. The third kappa shape index (κ3) is 5.34. The van der Waals surface area contributed by atoms with E-state index in [1.165, 1.54) is 11.8 Å². The van der Waals surface area contributed by atoms with Crippen molar-refractivity contribution >= 4 is 39.9 Å². The van der Waals surface area contributed by atoms with E-state index in [4.69, 9.17) is 4.42 Å². The van der Waals surface area contributed by atoms with Crippen molar-refractivity contribution in [3.63, 3.8) is 0 Å². The molecule has 0 aliphatic rings. The number of anilines is 2. The van der Waals surface area contributed by atoms with E-state index in [9.17, 15) is 9.59 Å². The highest BCUT2D eigenvalue weighted by Crippen LogP contribution is 2.22. The van der Waals surface area contributed by atoms with Crippen LogP contribution in [0.1, 0.15) is 26.5 Å². The zero-order valence-electron chi connectivity index (χ0n) is 19.5. The summed E-state index contributed by atoms with van der Waals surface area (Å²) in [5.74, 6) is 0.603. The van der Waals surface area contributed by atoms with Gasteiger partial charge in [0.05, 0.1) is 29.5 Å². The monoisotopic (exact) mass is 476 g/mol. The molecule has 0 unspecified atom stereocenters. The van der Waals surface area contributed by atoms with E-state index >= 15 is 0 Å². The fraction of sp³-hybridized carbons (Fsp3) is 0.269. The Hall–Kier alpha value is -3.52. The maximum atomic E-state index is 13.1. The molecule has 7 nitrogen and oxygen atoms in total. The second-order valence-corrected chi connectivity index (χ2v) is 9.09. The first-order valence-corrected chi connectivity index (χ1v) is 12.3. The lowest BCUT2D eigenvalue weighted by Gasteiger charge is -2.27. The van der Waals surface area contributed by atoms with Gasteiger partial charge in [-0.2, -0.15) is 0 Å². The van der Waals surface area contributed by atoms with Gasteiger partial charge in [-0.15, -0.1) is 0 Å². The van der Waals surface area contributed by atoms with Gasteiger partial charge in [-0.1, -0.05) is 23.9 Å². The maximum absolute atomic E-state index is 13.1. The number of carbonyl (C=O) groups excluding carboxylic acids is 1. The van der Waals surface area contributed by atoms with E-state index in [1.807, 2.05) is 42.5 Å². The zero-order valence-corrected chi connectivity index (χ0v) is 20.3. The number of nitrogens with one attached hydrogen (secondary N) is 1. The van der Waals surface area contributed by atoms with Gasteiger partial charge in [0.2, 0.25) is 5.91 Å². The van der Waals surface area contributed by atoms with Crippen LogP contribution in [-0.2, 0) is 11.3 Å². The van der Waals surface area contributed by atoms with Gasteiger partial charge in [0, 0.05) is 24.0 Å². The average molecular weight is 477 g/mol. The summed E-state index contributed by atoms with van der Waals surface area (Å²) in [6.45, 7) is 7.60. The van der Waals surface area contributed by atoms with Crippen LogP contribution < -0.4 is 15.8 Å². The number of fused-ring (bicyclic) bond motifs is 1. The van der Waals surface area contributed by atoms with E-state index < -0.39 is 0 Å². The first kappa shape index (κ1) is 23.6. The molecule has 0 saturated carbocycles. The van der Waals surface area contributed by atoms with Crippen LogP contribution in [-0.4, -0.2) is 33.8 Å². The Kier molecular flexibility index (Phi) is 7.37. The first-order chi connectivity index (χ1) is 16.5. The molecule has 0 saturated heterocycles. The molecule has 2 aromatic carbocycles. The van der Waals surface area contributed by atoms with Gasteiger partial charge in [0.15, 0.2) is 5.16 Å². The third-order valence-corrected chi connectivity index (χ3v) is 6.48. The summed E-state index contributed by atoms with van der Waals surface area (Å²) in [5, 5.41) is 3.94. The van der Waals surface area contributed by atoms with Crippen LogP contribution in [0.15, 0.2) is 81.3 Å². The van der Waals surface area contributed by atoms with E-state index in [0.717, 1.165) is 17.9 Å². The molecule has 8 heteroatoms. The molecule has 34 heavy (non-hydrogen) atoms. The van der Waals surface area contributed by atoms with E-state index in [0.29, 0.717) is 27.9 Å². The summed E-state index contributed by atoms with van der Waals surface area (Å²) in [5.41, 5.74) is 2.29. The summed E-state index contributed by atoms with van der Waals surface area (Å²) in [6, 6.07) is 19.0. The molecular formula is C26H28N4O3S. The van der Waals surface area contributed by atoms with Gasteiger partial charge in [-0.25, -0.2) is 4.98 Å². The second kappa shape index (κ2) is 10.6. The Balaban J connectivity index is 1.49. The molecule has 2 aromatic heterocycles. The Morgan fingerprint density at radius 3 is 2.56 bits per heavy atom.